The quantitative estimate of drug-likeness (QED) is 0.687. The second kappa shape index (κ2) is 7.14. The Hall–Kier alpha value is -2.00. The van der Waals surface area contributed by atoms with Gasteiger partial charge in [0, 0.05) is 32.0 Å². The lowest BCUT2D eigenvalue weighted by atomic mass is 10.4. The van der Waals surface area contributed by atoms with Gasteiger partial charge in [-0.05, 0) is 19.4 Å². The molecule has 9 heteroatoms. The molecule has 2 aromatic rings. The van der Waals surface area contributed by atoms with E-state index < -0.39 is 10.0 Å². The highest BCUT2D eigenvalue weighted by molar-refractivity contribution is 7.89. The summed E-state index contributed by atoms with van der Waals surface area (Å²) in [5.41, 5.74) is 0. The minimum Gasteiger partial charge on any atom is -0.355 e. The molecule has 2 N–H and O–H groups in total. The van der Waals surface area contributed by atoms with Crippen LogP contribution >= 0.6 is 0 Å². The number of aromatic nitrogens is 4. The van der Waals surface area contributed by atoms with Crippen molar-refractivity contribution in [3.63, 3.8) is 0 Å². The fourth-order valence-electron chi connectivity index (χ4n) is 1.67. The first-order valence-electron chi connectivity index (χ1n) is 6.65. The fraction of sp³-hybridized carbons (Fsp3) is 0.417. The molecule has 0 aromatic carbocycles. The first-order valence-corrected chi connectivity index (χ1v) is 8.13. The highest BCUT2D eigenvalue weighted by atomic mass is 32.2. The summed E-state index contributed by atoms with van der Waals surface area (Å²) in [7, 11) is -3.57. The van der Waals surface area contributed by atoms with Crippen molar-refractivity contribution in [1.82, 2.24) is 24.5 Å². The number of sulfonamides is 1. The van der Waals surface area contributed by atoms with Crippen molar-refractivity contribution in [2.45, 2.75) is 24.8 Å². The van der Waals surface area contributed by atoms with Gasteiger partial charge in [0.2, 0.25) is 16.0 Å². The molecular formula is C12H18N6O2S. The van der Waals surface area contributed by atoms with Crippen LogP contribution in [0.4, 0.5) is 5.95 Å². The second-order valence-electron chi connectivity index (χ2n) is 4.29. The SMILES string of the molecule is CCNc1ncc(S(=O)(=O)NCCCn2cccn2)cn1. The molecule has 0 saturated heterocycles. The number of hydrogen-bond acceptors (Lipinski definition) is 6. The molecule has 0 aliphatic rings. The molecule has 0 saturated carbocycles. The fourth-order valence-corrected chi connectivity index (χ4v) is 2.63. The molecule has 0 unspecified atom stereocenters. The zero-order valence-corrected chi connectivity index (χ0v) is 12.5. The summed E-state index contributed by atoms with van der Waals surface area (Å²) in [4.78, 5) is 7.95. The Morgan fingerprint density at radius 3 is 2.67 bits per heavy atom. The lowest BCUT2D eigenvalue weighted by Crippen LogP contribution is -2.26. The van der Waals surface area contributed by atoms with E-state index in [1.165, 1.54) is 12.4 Å². The van der Waals surface area contributed by atoms with Gasteiger partial charge in [0.05, 0.1) is 12.4 Å². The Balaban J connectivity index is 1.85. The van der Waals surface area contributed by atoms with Gasteiger partial charge in [-0.3, -0.25) is 4.68 Å². The zero-order chi connectivity index (χ0) is 15.1. The first kappa shape index (κ1) is 15.4. The maximum atomic E-state index is 12.0. The maximum absolute atomic E-state index is 12.0. The van der Waals surface area contributed by atoms with Gasteiger partial charge < -0.3 is 5.32 Å². The molecule has 2 aromatic heterocycles. The van der Waals surface area contributed by atoms with Crippen LogP contribution in [-0.2, 0) is 16.6 Å². The van der Waals surface area contributed by atoms with Crippen molar-refractivity contribution in [2.24, 2.45) is 0 Å². The van der Waals surface area contributed by atoms with Gasteiger partial charge in [-0.1, -0.05) is 0 Å². The standard InChI is InChI=1S/C12H18N6O2S/c1-2-13-12-14-9-11(10-15-12)21(19,20)17-6-4-8-18-7-3-5-16-18/h3,5,7,9-10,17H,2,4,6,8H2,1H3,(H,13,14,15). The van der Waals surface area contributed by atoms with Gasteiger partial charge in [0.25, 0.3) is 0 Å². The summed E-state index contributed by atoms with van der Waals surface area (Å²) in [6.45, 7) is 3.58. The Bertz CT molecular complexity index is 639. The third kappa shape index (κ3) is 4.50. The zero-order valence-electron chi connectivity index (χ0n) is 11.7. The summed E-state index contributed by atoms with van der Waals surface area (Å²) in [5, 5.41) is 6.95. The molecule has 0 aliphatic carbocycles. The second-order valence-corrected chi connectivity index (χ2v) is 6.06. The number of nitrogens with one attached hydrogen (secondary N) is 2. The maximum Gasteiger partial charge on any atom is 0.243 e. The van der Waals surface area contributed by atoms with Crippen molar-refractivity contribution in [3.05, 3.63) is 30.9 Å². The molecule has 8 nitrogen and oxygen atoms in total. The number of nitrogens with zero attached hydrogens (tertiary/aromatic N) is 4. The summed E-state index contributed by atoms with van der Waals surface area (Å²) >= 11 is 0. The molecule has 2 heterocycles. The van der Waals surface area contributed by atoms with Crippen LogP contribution in [0, 0.1) is 0 Å². The number of rotatable bonds is 8. The van der Waals surface area contributed by atoms with E-state index in [0.29, 0.717) is 32.0 Å². The molecule has 0 spiro atoms. The molecule has 0 radical (unpaired) electrons. The van der Waals surface area contributed by atoms with Crippen molar-refractivity contribution in [3.8, 4) is 0 Å². The molecule has 0 fully saturated rings. The molecule has 0 amide bonds. The van der Waals surface area contributed by atoms with Crippen LogP contribution < -0.4 is 10.0 Å². The van der Waals surface area contributed by atoms with Crippen molar-refractivity contribution in [1.29, 1.82) is 0 Å². The van der Waals surface area contributed by atoms with E-state index in [2.05, 4.69) is 25.1 Å². The van der Waals surface area contributed by atoms with Crippen molar-refractivity contribution < 1.29 is 8.42 Å². The van der Waals surface area contributed by atoms with Crippen LogP contribution in [0.2, 0.25) is 0 Å². The van der Waals surface area contributed by atoms with Gasteiger partial charge in [0.1, 0.15) is 4.90 Å². The van der Waals surface area contributed by atoms with E-state index in [-0.39, 0.29) is 4.90 Å². The topological polar surface area (TPSA) is 102 Å². The van der Waals surface area contributed by atoms with Crippen LogP contribution in [0.1, 0.15) is 13.3 Å². The lowest BCUT2D eigenvalue weighted by Gasteiger charge is -2.07. The molecule has 0 aliphatic heterocycles. The third-order valence-electron chi connectivity index (χ3n) is 2.69. The Morgan fingerprint density at radius 1 is 1.29 bits per heavy atom. The average Bonchev–Trinajstić information content (AvgIpc) is 2.98. The van der Waals surface area contributed by atoms with Crippen LogP contribution in [0.3, 0.4) is 0 Å². The van der Waals surface area contributed by atoms with Gasteiger partial charge in [-0.2, -0.15) is 5.10 Å². The summed E-state index contributed by atoms with van der Waals surface area (Å²) in [5.74, 6) is 0.412. The predicted octanol–water partition coefficient (Wildman–Crippen LogP) is 0.473. The number of aryl methyl sites for hydroxylation is 1. The summed E-state index contributed by atoms with van der Waals surface area (Å²) in [6.07, 6.45) is 6.76. The minimum atomic E-state index is -3.57. The largest absolute Gasteiger partial charge is 0.355 e. The predicted molar refractivity (Wildman–Crippen MR) is 78.2 cm³/mol. The molecule has 2 rings (SSSR count). The van der Waals surface area contributed by atoms with Gasteiger partial charge in [-0.25, -0.2) is 23.1 Å². The van der Waals surface area contributed by atoms with Crippen LogP contribution in [0.15, 0.2) is 35.7 Å². The van der Waals surface area contributed by atoms with E-state index in [1.54, 1.807) is 10.9 Å². The van der Waals surface area contributed by atoms with E-state index >= 15 is 0 Å². The smallest absolute Gasteiger partial charge is 0.243 e. The Kier molecular flexibility index (Phi) is 5.23. The number of hydrogen-bond donors (Lipinski definition) is 2. The van der Waals surface area contributed by atoms with Crippen LogP contribution in [0.25, 0.3) is 0 Å². The lowest BCUT2D eigenvalue weighted by molar-refractivity contribution is 0.552. The molecule has 0 atom stereocenters. The summed E-state index contributed by atoms with van der Waals surface area (Å²) < 4.78 is 28.3. The van der Waals surface area contributed by atoms with Crippen LogP contribution in [0.5, 0.6) is 0 Å². The highest BCUT2D eigenvalue weighted by Crippen LogP contribution is 2.07. The minimum absolute atomic E-state index is 0.0586. The molecule has 114 valence electrons. The van der Waals surface area contributed by atoms with Crippen molar-refractivity contribution in [2.75, 3.05) is 18.4 Å². The third-order valence-corrected chi connectivity index (χ3v) is 4.10. The molecule has 21 heavy (non-hydrogen) atoms. The Morgan fingerprint density at radius 2 is 2.05 bits per heavy atom. The summed E-state index contributed by atoms with van der Waals surface area (Å²) in [6, 6.07) is 1.83. The van der Waals surface area contributed by atoms with Gasteiger partial charge in [-0.15, -0.1) is 0 Å². The van der Waals surface area contributed by atoms with Crippen LogP contribution in [-0.4, -0.2) is 41.3 Å². The van der Waals surface area contributed by atoms with Crippen molar-refractivity contribution >= 4 is 16.0 Å². The van der Waals surface area contributed by atoms with E-state index in [9.17, 15) is 8.42 Å². The monoisotopic (exact) mass is 310 g/mol. The van der Waals surface area contributed by atoms with E-state index in [1.807, 2.05) is 19.2 Å². The average molecular weight is 310 g/mol. The number of anilines is 1. The molecule has 0 bridgehead atoms. The first-order chi connectivity index (χ1) is 10.1. The normalized spacial score (nSPS) is 11.5. The van der Waals surface area contributed by atoms with Gasteiger partial charge >= 0.3 is 0 Å². The molecular weight excluding hydrogens is 292 g/mol. The van der Waals surface area contributed by atoms with E-state index in [0.717, 1.165) is 0 Å². The van der Waals surface area contributed by atoms with Gasteiger partial charge in [0.15, 0.2) is 0 Å². The van der Waals surface area contributed by atoms with E-state index in [4.69, 9.17) is 0 Å². The highest BCUT2D eigenvalue weighted by Gasteiger charge is 2.14. The Labute approximate surface area is 123 Å².